The first-order valence-corrected chi connectivity index (χ1v) is 5.48. The molecule has 2 aromatic carbocycles. The zero-order valence-corrected chi connectivity index (χ0v) is 10.1. The number of hydrogen-bond donors (Lipinski definition) is 4. The van der Waals surface area contributed by atoms with Crippen LogP contribution in [0.1, 0.15) is 10.4 Å². The lowest BCUT2D eigenvalue weighted by Crippen LogP contribution is -1.93. The van der Waals surface area contributed by atoms with E-state index in [1.54, 1.807) is 0 Å². The summed E-state index contributed by atoms with van der Waals surface area (Å²) in [7, 11) is 0. The zero-order chi connectivity index (χ0) is 14.7. The highest BCUT2D eigenvalue weighted by Gasteiger charge is 2.10. The number of phenols is 3. The van der Waals surface area contributed by atoms with Crippen LogP contribution < -0.4 is 0 Å². The average Bonchev–Trinajstić information content (AvgIpc) is 2.44. The molecule has 0 aliphatic rings. The van der Waals surface area contributed by atoms with Crippen molar-refractivity contribution >= 4 is 17.3 Å². The maximum absolute atomic E-state index is 10.7. The van der Waals surface area contributed by atoms with Crippen molar-refractivity contribution in [2.75, 3.05) is 0 Å². The Balaban J connectivity index is 2.25. The lowest BCUT2D eigenvalue weighted by molar-refractivity contribution is 0.0697. The van der Waals surface area contributed by atoms with Crippen LogP contribution in [-0.4, -0.2) is 26.4 Å². The summed E-state index contributed by atoms with van der Waals surface area (Å²) in [6, 6.07) is 8.07. The summed E-state index contributed by atoms with van der Waals surface area (Å²) in [5.41, 5.74) is 0.471. The molecule has 0 bridgehead atoms. The van der Waals surface area contributed by atoms with Crippen molar-refractivity contribution in [1.29, 1.82) is 0 Å². The predicted molar refractivity (Wildman–Crippen MR) is 69.0 cm³/mol. The lowest BCUT2D eigenvalue weighted by Gasteiger charge is -2.02. The largest absolute Gasteiger partial charge is 0.504 e. The van der Waals surface area contributed by atoms with E-state index in [0.29, 0.717) is 5.69 Å². The first kappa shape index (κ1) is 13.3. The van der Waals surface area contributed by atoms with Gasteiger partial charge in [-0.05, 0) is 36.4 Å². The summed E-state index contributed by atoms with van der Waals surface area (Å²) in [5.74, 6) is -2.78. The Kier molecular flexibility index (Phi) is 3.52. The fourth-order valence-electron chi connectivity index (χ4n) is 1.42. The maximum Gasteiger partial charge on any atom is 0.335 e. The number of carboxylic acid groups (broad SMARTS) is 1. The van der Waals surface area contributed by atoms with Crippen LogP contribution in [0.2, 0.25) is 0 Å². The molecule has 0 saturated heterocycles. The summed E-state index contributed by atoms with van der Waals surface area (Å²) in [5, 5.41) is 44.2. The Bertz CT molecular complexity index is 680. The topological polar surface area (TPSA) is 123 Å². The maximum atomic E-state index is 10.7. The van der Waals surface area contributed by atoms with Gasteiger partial charge in [0.1, 0.15) is 5.69 Å². The van der Waals surface area contributed by atoms with Gasteiger partial charge in [-0.1, -0.05) is 0 Å². The Morgan fingerprint density at radius 3 is 2.10 bits per heavy atom. The Morgan fingerprint density at radius 1 is 0.850 bits per heavy atom. The van der Waals surface area contributed by atoms with Gasteiger partial charge in [-0.15, -0.1) is 5.11 Å². The molecule has 2 rings (SSSR count). The number of carbonyl (C=O) groups is 1. The van der Waals surface area contributed by atoms with Crippen molar-refractivity contribution in [3.05, 3.63) is 42.0 Å². The van der Waals surface area contributed by atoms with Gasteiger partial charge in [-0.3, -0.25) is 0 Å². The average molecular weight is 274 g/mol. The molecule has 0 saturated carbocycles. The van der Waals surface area contributed by atoms with Crippen molar-refractivity contribution in [3.63, 3.8) is 0 Å². The lowest BCUT2D eigenvalue weighted by atomic mass is 10.2. The third-order valence-electron chi connectivity index (χ3n) is 2.50. The van der Waals surface area contributed by atoms with Crippen molar-refractivity contribution in [2.45, 2.75) is 0 Å². The van der Waals surface area contributed by atoms with Gasteiger partial charge in [0.05, 0.1) is 11.3 Å². The second kappa shape index (κ2) is 5.27. The molecule has 4 N–H and O–H groups in total. The highest BCUT2D eigenvalue weighted by Crippen LogP contribution is 2.42. The molecule has 2 aromatic rings. The summed E-state index contributed by atoms with van der Waals surface area (Å²) in [6.07, 6.45) is 0. The molecule has 0 heterocycles. The quantitative estimate of drug-likeness (QED) is 0.506. The van der Waals surface area contributed by atoms with E-state index in [-0.39, 0.29) is 11.3 Å². The van der Waals surface area contributed by atoms with Crippen molar-refractivity contribution < 1.29 is 25.2 Å². The van der Waals surface area contributed by atoms with Crippen LogP contribution in [-0.2, 0) is 0 Å². The SMILES string of the molecule is O=C(O)c1ccc(N=Nc2ccc(O)c(O)c2O)cc1. The summed E-state index contributed by atoms with van der Waals surface area (Å²) in [6.45, 7) is 0. The second-order valence-corrected chi connectivity index (χ2v) is 3.85. The molecule has 0 spiro atoms. The van der Waals surface area contributed by atoms with Gasteiger partial charge in [0, 0.05) is 0 Å². The van der Waals surface area contributed by atoms with E-state index < -0.39 is 23.2 Å². The van der Waals surface area contributed by atoms with Gasteiger partial charge in [-0.25, -0.2) is 4.79 Å². The number of phenolic OH excluding ortho intramolecular Hbond substituents is 3. The number of rotatable bonds is 3. The van der Waals surface area contributed by atoms with E-state index in [0.717, 1.165) is 6.07 Å². The predicted octanol–water partition coefficient (Wildman–Crippen LogP) is 2.92. The number of nitrogens with zero attached hydrogens (tertiary/aromatic N) is 2. The van der Waals surface area contributed by atoms with Crippen LogP contribution in [0.5, 0.6) is 17.2 Å². The fourth-order valence-corrected chi connectivity index (χ4v) is 1.42. The zero-order valence-electron chi connectivity index (χ0n) is 10.1. The highest BCUT2D eigenvalue weighted by molar-refractivity contribution is 5.87. The minimum atomic E-state index is -1.05. The molecule has 102 valence electrons. The molecule has 0 radical (unpaired) electrons. The number of azo groups is 1. The molecule has 7 nitrogen and oxygen atoms in total. The van der Waals surface area contributed by atoms with Gasteiger partial charge in [-0.2, -0.15) is 5.11 Å². The van der Waals surface area contributed by atoms with Crippen LogP contribution in [0.3, 0.4) is 0 Å². The van der Waals surface area contributed by atoms with Crippen LogP contribution in [0.15, 0.2) is 46.6 Å². The highest BCUT2D eigenvalue weighted by atomic mass is 16.4. The van der Waals surface area contributed by atoms with Crippen LogP contribution >= 0.6 is 0 Å². The van der Waals surface area contributed by atoms with Gasteiger partial charge in [0.25, 0.3) is 0 Å². The number of hydrogen-bond acceptors (Lipinski definition) is 6. The van der Waals surface area contributed by atoms with Crippen LogP contribution in [0.25, 0.3) is 0 Å². The Morgan fingerprint density at radius 2 is 1.50 bits per heavy atom. The normalized spacial score (nSPS) is 10.8. The molecule has 7 heteroatoms. The van der Waals surface area contributed by atoms with Crippen LogP contribution in [0, 0.1) is 0 Å². The smallest absolute Gasteiger partial charge is 0.335 e. The van der Waals surface area contributed by atoms with Gasteiger partial charge >= 0.3 is 5.97 Å². The first-order chi connectivity index (χ1) is 9.49. The molecule has 20 heavy (non-hydrogen) atoms. The molecule has 0 amide bonds. The monoisotopic (exact) mass is 274 g/mol. The van der Waals surface area contributed by atoms with Crippen molar-refractivity contribution in [2.24, 2.45) is 10.2 Å². The summed E-state index contributed by atoms with van der Waals surface area (Å²) >= 11 is 0. The minimum absolute atomic E-state index is 0.0254. The molecular weight excluding hydrogens is 264 g/mol. The standard InChI is InChI=1S/C13H10N2O5/c16-10-6-5-9(11(17)12(10)18)15-14-8-3-1-7(2-4-8)13(19)20/h1-6,16-18H,(H,19,20). The van der Waals surface area contributed by atoms with Gasteiger partial charge in [0.15, 0.2) is 11.5 Å². The molecule has 0 fully saturated rings. The molecular formula is C13H10N2O5. The number of aromatic hydroxyl groups is 3. The molecule has 0 atom stereocenters. The van der Waals surface area contributed by atoms with Crippen molar-refractivity contribution in [1.82, 2.24) is 0 Å². The van der Waals surface area contributed by atoms with Gasteiger partial charge in [0.2, 0.25) is 5.75 Å². The molecule has 0 aliphatic heterocycles. The van der Waals surface area contributed by atoms with E-state index in [2.05, 4.69) is 10.2 Å². The van der Waals surface area contributed by atoms with E-state index in [4.69, 9.17) is 10.2 Å². The van der Waals surface area contributed by atoms with E-state index in [9.17, 15) is 15.0 Å². The minimum Gasteiger partial charge on any atom is -0.504 e. The van der Waals surface area contributed by atoms with E-state index in [1.807, 2.05) is 0 Å². The summed E-state index contributed by atoms with van der Waals surface area (Å²) in [4.78, 5) is 10.7. The third kappa shape index (κ3) is 2.66. The number of carboxylic acids is 1. The fraction of sp³-hybridized carbons (Fsp3) is 0. The summed E-state index contributed by atoms with van der Waals surface area (Å²) < 4.78 is 0. The molecule has 0 aromatic heterocycles. The third-order valence-corrected chi connectivity index (χ3v) is 2.50. The first-order valence-electron chi connectivity index (χ1n) is 5.48. The Hall–Kier alpha value is -3.09. The Labute approximate surface area is 113 Å². The van der Waals surface area contributed by atoms with E-state index >= 15 is 0 Å². The number of benzene rings is 2. The number of aromatic carboxylic acids is 1. The van der Waals surface area contributed by atoms with Crippen LogP contribution in [0.4, 0.5) is 11.4 Å². The van der Waals surface area contributed by atoms with E-state index in [1.165, 1.54) is 30.3 Å². The molecule has 0 aliphatic carbocycles. The van der Waals surface area contributed by atoms with Crippen molar-refractivity contribution in [3.8, 4) is 17.2 Å². The van der Waals surface area contributed by atoms with Gasteiger partial charge < -0.3 is 20.4 Å². The molecule has 0 unspecified atom stereocenters. The second-order valence-electron chi connectivity index (χ2n) is 3.85.